The Morgan fingerprint density at radius 3 is 2.65 bits per heavy atom. The molecule has 0 aliphatic heterocycles. The summed E-state index contributed by atoms with van der Waals surface area (Å²) in [5.41, 5.74) is 3.31. The van der Waals surface area contributed by atoms with E-state index < -0.39 is 0 Å². The maximum absolute atomic E-state index is 8.88. The van der Waals surface area contributed by atoms with Crippen LogP contribution in [-0.4, -0.2) is 14.5 Å². The highest BCUT2D eigenvalue weighted by atomic mass is 35.5. The highest BCUT2D eigenvalue weighted by Crippen LogP contribution is 2.27. The molecule has 0 fully saturated rings. The van der Waals surface area contributed by atoms with Gasteiger partial charge in [0.25, 0.3) is 0 Å². The summed E-state index contributed by atoms with van der Waals surface area (Å²) in [4.78, 5) is 8.62. The Labute approximate surface area is 121 Å². The molecule has 0 N–H and O–H groups in total. The third-order valence-corrected chi connectivity index (χ3v) is 3.29. The van der Waals surface area contributed by atoms with E-state index in [4.69, 9.17) is 16.9 Å². The molecule has 0 spiro atoms. The van der Waals surface area contributed by atoms with Crippen molar-refractivity contribution in [3.05, 3.63) is 54.1 Å². The molecule has 3 aromatic rings. The van der Waals surface area contributed by atoms with Crippen LogP contribution in [0.3, 0.4) is 0 Å². The molecule has 1 unspecified atom stereocenters. The van der Waals surface area contributed by atoms with Crippen molar-refractivity contribution in [2.45, 2.75) is 12.3 Å². The van der Waals surface area contributed by atoms with Crippen molar-refractivity contribution >= 4 is 22.6 Å². The van der Waals surface area contributed by atoms with Crippen LogP contribution in [0.5, 0.6) is 0 Å². The van der Waals surface area contributed by atoms with Crippen LogP contribution < -0.4 is 0 Å². The number of hydrogen-bond acceptors (Lipinski definition) is 3. The average molecular weight is 283 g/mol. The molecule has 0 amide bonds. The summed E-state index contributed by atoms with van der Waals surface area (Å²) < 4.78 is 2.00. The lowest BCUT2D eigenvalue weighted by Gasteiger charge is -2.10. The highest BCUT2D eigenvalue weighted by molar-refractivity contribution is 6.20. The lowest BCUT2D eigenvalue weighted by atomic mass is 10.2. The second-order valence-corrected chi connectivity index (χ2v) is 5.10. The van der Waals surface area contributed by atoms with Gasteiger partial charge < -0.3 is 0 Å². The van der Waals surface area contributed by atoms with Crippen LogP contribution in [0.15, 0.2) is 42.7 Å². The molecule has 3 rings (SSSR count). The van der Waals surface area contributed by atoms with Crippen LogP contribution in [0.2, 0.25) is 0 Å². The van der Waals surface area contributed by atoms with E-state index in [9.17, 15) is 0 Å². The zero-order valence-corrected chi connectivity index (χ0v) is 11.5. The molecular formula is C15H11ClN4. The van der Waals surface area contributed by atoms with Gasteiger partial charge in [0.1, 0.15) is 11.3 Å². The van der Waals surface area contributed by atoms with Crippen molar-refractivity contribution in [2.75, 3.05) is 0 Å². The van der Waals surface area contributed by atoms with Gasteiger partial charge in [-0.1, -0.05) is 0 Å². The largest absolute Gasteiger partial charge is 0.295 e. The van der Waals surface area contributed by atoms with E-state index in [0.717, 1.165) is 22.5 Å². The van der Waals surface area contributed by atoms with Crippen LogP contribution in [0.4, 0.5) is 0 Å². The number of nitriles is 1. The van der Waals surface area contributed by atoms with E-state index in [0.29, 0.717) is 5.56 Å². The van der Waals surface area contributed by atoms with Crippen molar-refractivity contribution in [2.24, 2.45) is 0 Å². The third-order valence-electron chi connectivity index (χ3n) is 3.09. The van der Waals surface area contributed by atoms with Crippen molar-refractivity contribution in [3.63, 3.8) is 0 Å². The SMILES string of the molecule is CC(Cl)c1nc2cnccc2n1-c1ccc(C#N)cc1. The van der Waals surface area contributed by atoms with Gasteiger partial charge >= 0.3 is 0 Å². The Balaban J connectivity index is 2.27. The number of alkyl halides is 1. The maximum Gasteiger partial charge on any atom is 0.132 e. The Morgan fingerprint density at radius 1 is 1.25 bits per heavy atom. The maximum atomic E-state index is 8.88. The molecule has 0 aliphatic carbocycles. The topological polar surface area (TPSA) is 54.5 Å². The van der Waals surface area contributed by atoms with E-state index in [2.05, 4.69) is 16.0 Å². The molecular weight excluding hydrogens is 272 g/mol. The summed E-state index contributed by atoms with van der Waals surface area (Å²) >= 11 is 6.23. The molecule has 4 nitrogen and oxygen atoms in total. The molecule has 2 heterocycles. The summed E-state index contributed by atoms with van der Waals surface area (Å²) in [6.07, 6.45) is 3.45. The normalized spacial score (nSPS) is 12.2. The molecule has 20 heavy (non-hydrogen) atoms. The summed E-state index contributed by atoms with van der Waals surface area (Å²) in [7, 11) is 0. The first kappa shape index (κ1) is 12.6. The number of nitrogens with zero attached hydrogens (tertiary/aromatic N) is 4. The Morgan fingerprint density at radius 2 is 2.00 bits per heavy atom. The Hall–Kier alpha value is -2.38. The van der Waals surface area contributed by atoms with Gasteiger partial charge in [-0.2, -0.15) is 5.26 Å². The molecule has 0 saturated heterocycles. The van der Waals surface area contributed by atoms with Crippen molar-refractivity contribution in [1.82, 2.24) is 14.5 Å². The van der Waals surface area contributed by atoms with Crippen LogP contribution in [0, 0.1) is 11.3 Å². The first-order valence-electron chi connectivity index (χ1n) is 6.17. The first-order valence-corrected chi connectivity index (χ1v) is 6.61. The number of halogens is 1. The third kappa shape index (κ3) is 2.02. The van der Waals surface area contributed by atoms with E-state index in [1.165, 1.54) is 0 Å². The minimum absolute atomic E-state index is 0.224. The van der Waals surface area contributed by atoms with Gasteiger partial charge in [0.2, 0.25) is 0 Å². The number of aromatic nitrogens is 3. The Kier molecular flexibility index (Phi) is 3.13. The predicted molar refractivity (Wildman–Crippen MR) is 77.8 cm³/mol. The minimum atomic E-state index is -0.224. The number of fused-ring (bicyclic) bond motifs is 1. The summed E-state index contributed by atoms with van der Waals surface area (Å²) in [6.45, 7) is 1.89. The number of benzene rings is 1. The van der Waals surface area contributed by atoms with Crippen LogP contribution >= 0.6 is 11.6 Å². The number of hydrogen-bond donors (Lipinski definition) is 0. The number of rotatable bonds is 2. The Bertz CT molecular complexity index is 797. The fourth-order valence-electron chi connectivity index (χ4n) is 2.17. The van der Waals surface area contributed by atoms with Crippen molar-refractivity contribution < 1.29 is 0 Å². The van der Waals surface area contributed by atoms with Crippen molar-refractivity contribution in [3.8, 4) is 11.8 Å². The molecule has 98 valence electrons. The molecule has 0 radical (unpaired) electrons. The second-order valence-electron chi connectivity index (χ2n) is 4.44. The highest BCUT2D eigenvalue weighted by Gasteiger charge is 2.16. The monoisotopic (exact) mass is 282 g/mol. The summed E-state index contributed by atoms with van der Waals surface area (Å²) in [5, 5.41) is 8.65. The van der Waals surface area contributed by atoms with Gasteiger partial charge in [-0.15, -0.1) is 11.6 Å². The smallest absolute Gasteiger partial charge is 0.132 e. The van der Waals surface area contributed by atoms with Crippen molar-refractivity contribution in [1.29, 1.82) is 5.26 Å². The zero-order chi connectivity index (χ0) is 14.1. The van der Waals surface area contributed by atoms with E-state index >= 15 is 0 Å². The predicted octanol–water partition coefficient (Wildman–Crippen LogP) is 3.59. The van der Waals surface area contributed by atoms with Gasteiger partial charge in [0.05, 0.1) is 28.7 Å². The summed E-state index contributed by atoms with van der Waals surface area (Å²) in [6, 6.07) is 11.4. The molecule has 0 saturated carbocycles. The molecule has 2 aromatic heterocycles. The second kappa shape index (κ2) is 4.95. The standard InChI is InChI=1S/C15H11ClN4/c1-10(16)15-19-13-9-18-7-6-14(13)20(15)12-4-2-11(8-17)3-5-12/h2-7,9-10H,1H3. The van der Waals surface area contributed by atoms with Gasteiger partial charge in [-0.25, -0.2) is 4.98 Å². The fourth-order valence-corrected chi connectivity index (χ4v) is 2.32. The fraction of sp³-hybridized carbons (Fsp3) is 0.133. The first-order chi connectivity index (χ1) is 9.70. The minimum Gasteiger partial charge on any atom is -0.295 e. The molecule has 1 aromatic carbocycles. The van der Waals surface area contributed by atoms with Crippen LogP contribution in [-0.2, 0) is 0 Å². The quantitative estimate of drug-likeness (QED) is 0.675. The number of pyridine rings is 1. The van der Waals surface area contributed by atoms with E-state index in [1.807, 2.05) is 29.7 Å². The lowest BCUT2D eigenvalue weighted by molar-refractivity contribution is 0.882. The summed E-state index contributed by atoms with van der Waals surface area (Å²) in [5.74, 6) is 0.763. The van der Waals surface area contributed by atoms with Crippen LogP contribution in [0.1, 0.15) is 23.7 Å². The zero-order valence-electron chi connectivity index (χ0n) is 10.8. The van der Waals surface area contributed by atoms with E-state index in [-0.39, 0.29) is 5.38 Å². The van der Waals surface area contributed by atoms with Gasteiger partial charge in [-0.3, -0.25) is 9.55 Å². The van der Waals surface area contributed by atoms with Gasteiger partial charge in [-0.05, 0) is 37.3 Å². The lowest BCUT2D eigenvalue weighted by Crippen LogP contribution is -2.01. The van der Waals surface area contributed by atoms with Gasteiger partial charge in [0.15, 0.2) is 0 Å². The van der Waals surface area contributed by atoms with Gasteiger partial charge in [0, 0.05) is 11.9 Å². The molecule has 5 heteroatoms. The number of imidazole rings is 1. The average Bonchev–Trinajstić information content (AvgIpc) is 2.87. The van der Waals surface area contributed by atoms with E-state index in [1.54, 1.807) is 24.5 Å². The molecule has 0 bridgehead atoms. The van der Waals surface area contributed by atoms with Crippen LogP contribution in [0.25, 0.3) is 16.7 Å². The molecule has 1 atom stereocenters. The molecule has 0 aliphatic rings.